The highest BCUT2D eigenvalue weighted by atomic mass is 32.2. The zero-order valence-corrected chi connectivity index (χ0v) is 20.7. The maximum atomic E-state index is 13.5. The van der Waals surface area contributed by atoms with E-state index in [9.17, 15) is 13.2 Å². The van der Waals surface area contributed by atoms with Gasteiger partial charge in [0.25, 0.3) is 0 Å². The third-order valence-corrected chi connectivity index (χ3v) is 8.36. The van der Waals surface area contributed by atoms with E-state index in [0.717, 1.165) is 22.4 Å². The fourth-order valence-electron chi connectivity index (χ4n) is 4.41. The molecule has 2 aromatic carbocycles. The number of carbonyl (C=O) groups excluding carboxylic acids is 1. The number of hydrogen-bond acceptors (Lipinski definition) is 6. The van der Waals surface area contributed by atoms with Crippen LogP contribution in [0.5, 0.6) is 0 Å². The number of piperazine rings is 1. The first-order valence-corrected chi connectivity index (χ1v) is 12.7. The van der Waals surface area contributed by atoms with Crippen molar-refractivity contribution in [2.45, 2.75) is 38.6 Å². The third-order valence-electron chi connectivity index (χ3n) is 6.22. The predicted octanol–water partition coefficient (Wildman–Crippen LogP) is 3.59. The Morgan fingerprint density at radius 2 is 1.68 bits per heavy atom. The number of sulfonamides is 1. The number of rotatable bonds is 6. The molecule has 1 saturated heterocycles. The molecule has 1 N–H and O–H groups in total. The molecule has 0 radical (unpaired) electrons. The lowest BCUT2D eigenvalue weighted by molar-refractivity contribution is -0.122. The zero-order chi connectivity index (χ0) is 24.5. The molecule has 180 valence electrons. The van der Waals surface area contributed by atoms with Gasteiger partial charge in [-0.05, 0) is 50.5 Å². The fraction of sp³-hybridized carbons (Fsp3) is 0.360. The molecule has 0 aliphatic carbocycles. The standard InChI is InChI=1S/C25H30N4O4S/c1-17-10-11-18(2)22(16-17)26-25(30)23(21-8-6-5-7-9-21)28-12-14-29(15-13-28)34(31,32)24-19(3)27-33-20(24)4/h5-11,16,23H,12-15H2,1-4H3,(H,26,30)/t23-/m0/s1. The van der Waals surface area contributed by atoms with Gasteiger partial charge in [-0.1, -0.05) is 47.6 Å². The largest absolute Gasteiger partial charge is 0.360 e. The first-order chi connectivity index (χ1) is 16.2. The molecule has 8 nitrogen and oxygen atoms in total. The van der Waals surface area contributed by atoms with Gasteiger partial charge in [-0.3, -0.25) is 9.69 Å². The van der Waals surface area contributed by atoms with E-state index in [-0.39, 0.29) is 29.7 Å². The number of nitrogens with one attached hydrogen (secondary N) is 1. The Balaban J connectivity index is 1.56. The molecule has 0 spiro atoms. The molecule has 1 fully saturated rings. The van der Waals surface area contributed by atoms with Crippen LogP contribution < -0.4 is 5.32 Å². The van der Waals surface area contributed by atoms with Crippen LogP contribution in [0.2, 0.25) is 0 Å². The second kappa shape index (κ2) is 9.69. The second-order valence-electron chi connectivity index (χ2n) is 8.71. The normalized spacial score (nSPS) is 16.4. The number of aryl methyl sites for hydroxylation is 4. The molecule has 4 rings (SSSR count). The molecule has 2 heterocycles. The van der Waals surface area contributed by atoms with E-state index in [1.807, 2.05) is 67.3 Å². The van der Waals surface area contributed by atoms with Crippen molar-refractivity contribution in [3.05, 3.63) is 76.7 Å². The van der Waals surface area contributed by atoms with Crippen LogP contribution in [0.3, 0.4) is 0 Å². The van der Waals surface area contributed by atoms with Crippen LogP contribution in [0, 0.1) is 27.7 Å². The number of aromatic nitrogens is 1. The van der Waals surface area contributed by atoms with Gasteiger partial charge < -0.3 is 9.84 Å². The lowest BCUT2D eigenvalue weighted by atomic mass is 10.0. The number of hydrogen-bond donors (Lipinski definition) is 1. The van der Waals surface area contributed by atoms with Gasteiger partial charge in [0, 0.05) is 31.9 Å². The highest BCUT2D eigenvalue weighted by Gasteiger charge is 2.36. The summed E-state index contributed by atoms with van der Waals surface area (Å²) in [4.78, 5) is 15.7. The molecule has 0 saturated carbocycles. The molecule has 1 aliphatic heterocycles. The van der Waals surface area contributed by atoms with Crippen LogP contribution in [0.15, 0.2) is 57.9 Å². The van der Waals surface area contributed by atoms with E-state index in [0.29, 0.717) is 18.8 Å². The molecule has 9 heteroatoms. The lowest BCUT2D eigenvalue weighted by Crippen LogP contribution is -2.51. The summed E-state index contributed by atoms with van der Waals surface area (Å²) in [7, 11) is -3.72. The van der Waals surface area contributed by atoms with Crippen molar-refractivity contribution in [1.29, 1.82) is 0 Å². The zero-order valence-electron chi connectivity index (χ0n) is 19.9. The maximum Gasteiger partial charge on any atom is 0.248 e. The van der Waals surface area contributed by atoms with Gasteiger partial charge in [0.05, 0.1) is 0 Å². The summed E-state index contributed by atoms with van der Waals surface area (Å²) in [6.07, 6.45) is 0. The Labute approximate surface area is 200 Å². The van der Waals surface area contributed by atoms with Crippen molar-refractivity contribution >= 4 is 21.6 Å². The molecule has 1 amide bonds. The van der Waals surface area contributed by atoms with E-state index in [2.05, 4.69) is 10.5 Å². The van der Waals surface area contributed by atoms with Crippen LogP contribution in [0.4, 0.5) is 5.69 Å². The van der Waals surface area contributed by atoms with E-state index in [1.54, 1.807) is 13.8 Å². The van der Waals surface area contributed by atoms with Crippen molar-refractivity contribution in [2.75, 3.05) is 31.5 Å². The summed E-state index contributed by atoms with van der Waals surface area (Å²) >= 11 is 0. The summed E-state index contributed by atoms with van der Waals surface area (Å²) < 4.78 is 32.9. The minimum absolute atomic E-state index is 0.133. The number of anilines is 1. The summed E-state index contributed by atoms with van der Waals surface area (Å²) in [6, 6.07) is 15.0. The quantitative estimate of drug-likeness (QED) is 0.577. The summed E-state index contributed by atoms with van der Waals surface area (Å²) in [5.74, 6) is 0.150. The third kappa shape index (κ3) is 4.77. The molecule has 1 atom stereocenters. The van der Waals surface area contributed by atoms with Crippen LogP contribution >= 0.6 is 0 Å². The first-order valence-electron chi connectivity index (χ1n) is 11.3. The van der Waals surface area contributed by atoms with Gasteiger partial charge in [0.2, 0.25) is 15.9 Å². The minimum atomic E-state index is -3.72. The average Bonchev–Trinajstić information content (AvgIpc) is 3.16. The maximum absolute atomic E-state index is 13.5. The topological polar surface area (TPSA) is 95.8 Å². The SMILES string of the molecule is Cc1ccc(C)c(NC(=O)[C@H](c2ccccc2)N2CCN(S(=O)(=O)c3c(C)noc3C)CC2)c1. The van der Waals surface area contributed by atoms with Crippen LogP contribution in [0.1, 0.15) is 34.2 Å². The van der Waals surface area contributed by atoms with E-state index in [4.69, 9.17) is 4.52 Å². The number of amides is 1. The Bertz CT molecular complexity index is 1260. The number of benzene rings is 2. The molecule has 3 aromatic rings. The highest BCUT2D eigenvalue weighted by Crippen LogP contribution is 2.29. The van der Waals surface area contributed by atoms with Gasteiger partial charge in [0.1, 0.15) is 16.6 Å². The predicted molar refractivity (Wildman–Crippen MR) is 130 cm³/mol. The minimum Gasteiger partial charge on any atom is -0.360 e. The summed E-state index contributed by atoms with van der Waals surface area (Å²) in [5, 5.41) is 6.88. The van der Waals surface area contributed by atoms with E-state index in [1.165, 1.54) is 4.31 Å². The molecular weight excluding hydrogens is 452 g/mol. The van der Waals surface area contributed by atoms with Crippen molar-refractivity contribution in [3.63, 3.8) is 0 Å². The van der Waals surface area contributed by atoms with Gasteiger partial charge in [-0.15, -0.1) is 0 Å². The monoisotopic (exact) mass is 482 g/mol. The molecule has 34 heavy (non-hydrogen) atoms. The molecule has 0 unspecified atom stereocenters. The molecular formula is C25H30N4O4S. The van der Waals surface area contributed by atoms with Gasteiger partial charge in [-0.2, -0.15) is 4.31 Å². The van der Waals surface area contributed by atoms with Crippen molar-refractivity contribution < 1.29 is 17.7 Å². The molecule has 1 aliphatic rings. The molecule has 0 bridgehead atoms. The van der Waals surface area contributed by atoms with Crippen LogP contribution in [0.25, 0.3) is 0 Å². The van der Waals surface area contributed by atoms with Gasteiger partial charge >= 0.3 is 0 Å². The van der Waals surface area contributed by atoms with E-state index >= 15 is 0 Å². The Hall–Kier alpha value is -3.01. The fourth-order valence-corrected chi connectivity index (χ4v) is 6.12. The van der Waals surface area contributed by atoms with Gasteiger partial charge in [-0.25, -0.2) is 8.42 Å². The Morgan fingerprint density at radius 1 is 1.00 bits per heavy atom. The second-order valence-corrected chi connectivity index (χ2v) is 10.6. The Kier molecular flexibility index (Phi) is 6.88. The smallest absolute Gasteiger partial charge is 0.248 e. The van der Waals surface area contributed by atoms with Crippen molar-refractivity contribution in [2.24, 2.45) is 0 Å². The average molecular weight is 483 g/mol. The Morgan fingerprint density at radius 3 is 2.29 bits per heavy atom. The lowest BCUT2D eigenvalue weighted by Gasteiger charge is -2.38. The van der Waals surface area contributed by atoms with Crippen molar-refractivity contribution in [3.8, 4) is 0 Å². The number of carbonyl (C=O) groups is 1. The summed E-state index contributed by atoms with van der Waals surface area (Å²) in [5.41, 5.74) is 4.06. The first kappa shape index (κ1) is 24.1. The van der Waals surface area contributed by atoms with Crippen LogP contribution in [-0.4, -0.2) is 54.9 Å². The summed E-state index contributed by atoms with van der Waals surface area (Å²) in [6.45, 7) is 8.56. The van der Waals surface area contributed by atoms with Gasteiger partial charge in [0.15, 0.2) is 5.76 Å². The van der Waals surface area contributed by atoms with E-state index < -0.39 is 16.1 Å². The number of nitrogens with zero attached hydrogens (tertiary/aromatic N) is 3. The highest BCUT2D eigenvalue weighted by molar-refractivity contribution is 7.89. The van der Waals surface area contributed by atoms with Crippen LogP contribution in [-0.2, 0) is 14.8 Å². The van der Waals surface area contributed by atoms with Crippen molar-refractivity contribution in [1.82, 2.24) is 14.4 Å². The molecule has 1 aromatic heterocycles.